The molecule has 0 spiro atoms. The minimum Gasteiger partial charge on any atom is -0.372 e. The SMILES string of the molecule is CCCN(CCC)c1nc(C)cc(Nc2ccc(N3CCCCC3)cc2)n1. The van der Waals surface area contributed by atoms with Crippen molar-refractivity contribution in [3.63, 3.8) is 0 Å². The van der Waals surface area contributed by atoms with Crippen LogP contribution in [0.25, 0.3) is 0 Å². The van der Waals surface area contributed by atoms with Gasteiger partial charge in [0.15, 0.2) is 0 Å². The highest BCUT2D eigenvalue weighted by Crippen LogP contribution is 2.24. The van der Waals surface area contributed by atoms with Crippen molar-refractivity contribution in [2.24, 2.45) is 0 Å². The molecule has 0 aliphatic carbocycles. The third-order valence-corrected chi connectivity index (χ3v) is 4.97. The summed E-state index contributed by atoms with van der Waals surface area (Å²) in [5, 5.41) is 3.46. The minimum absolute atomic E-state index is 0.825. The molecule has 5 nitrogen and oxygen atoms in total. The van der Waals surface area contributed by atoms with Crippen LogP contribution in [0.3, 0.4) is 0 Å². The molecular formula is C22H33N5. The third-order valence-electron chi connectivity index (χ3n) is 4.97. The van der Waals surface area contributed by atoms with Crippen molar-refractivity contribution in [3.8, 4) is 0 Å². The summed E-state index contributed by atoms with van der Waals surface area (Å²) in [6.07, 6.45) is 6.15. The fourth-order valence-electron chi connectivity index (χ4n) is 3.67. The van der Waals surface area contributed by atoms with Crippen LogP contribution in [-0.2, 0) is 0 Å². The number of benzene rings is 1. The minimum atomic E-state index is 0.825. The third kappa shape index (κ3) is 5.34. The summed E-state index contributed by atoms with van der Waals surface area (Å²) in [6.45, 7) is 10.7. The van der Waals surface area contributed by atoms with Crippen LogP contribution in [-0.4, -0.2) is 36.1 Å². The van der Waals surface area contributed by atoms with E-state index in [1.165, 1.54) is 38.0 Å². The Labute approximate surface area is 163 Å². The Balaban J connectivity index is 1.72. The fraction of sp³-hybridized carbons (Fsp3) is 0.545. The molecule has 2 heterocycles. The second-order valence-electron chi connectivity index (χ2n) is 7.40. The summed E-state index contributed by atoms with van der Waals surface area (Å²) in [5.74, 6) is 1.69. The van der Waals surface area contributed by atoms with Gasteiger partial charge in [-0.05, 0) is 63.3 Å². The summed E-state index contributed by atoms with van der Waals surface area (Å²) in [6, 6.07) is 10.7. The maximum atomic E-state index is 4.77. The lowest BCUT2D eigenvalue weighted by Crippen LogP contribution is -2.29. The predicted molar refractivity (Wildman–Crippen MR) is 115 cm³/mol. The van der Waals surface area contributed by atoms with E-state index in [1.807, 2.05) is 13.0 Å². The van der Waals surface area contributed by atoms with Gasteiger partial charge in [-0.15, -0.1) is 0 Å². The van der Waals surface area contributed by atoms with E-state index < -0.39 is 0 Å². The standard InChI is InChI=1S/C22H33N5/c1-4-13-27(14-5-2)22-23-18(3)17-21(25-22)24-19-9-11-20(12-10-19)26-15-7-6-8-16-26/h9-12,17H,4-8,13-16H2,1-3H3,(H,23,24,25). The van der Waals surface area contributed by atoms with Crippen LogP contribution in [0, 0.1) is 6.92 Å². The molecule has 1 aliphatic heterocycles. The van der Waals surface area contributed by atoms with Crippen molar-refractivity contribution in [2.75, 3.05) is 41.3 Å². The molecule has 1 aromatic carbocycles. The Kier molecular flexibility index (Phi) is 6.91. The zero-order valence-corrected chi connectivity index (χ0v) is 17.0. The van der Waals surface area contributed by atoms with Crippen molar-refractivity contribution in [1.29, 1.82) is 0 Å². The molecule has 146 valence electrons. The van der Waals surface area contributed by atoms with Crippen molar-refractivity contribution in [3.05, 3.63) is 36.0 Å². The number of nitrogens with zero attached hydrogens (tertiary/aromatic N) is 4. The van der Waals surface area contributed by atoms with Crippen LogP contribution in [0.4, 0.5) is 23.1 Å². The number of aromatic nitrogens is 2. The highest BCUT2D eigenvalue weighted by atomic mass is 15.3. The molecule has 1 aromatic heterocycles. The molecular weight excluding hydrogens is 334 g/mol. The Bertz CT molecular complexity index is 701. The van der Waals surface area contributed by atoms with Gasteiger partial charge >= 0.3 is 0 Å². The van der Waals surface area contributed by atoms with Gasteiger partial charge in [-0.25, -0.2) is 4.98 Å². The quantitative estimate of drug-likeness (QED) is 0.699. The topological polar surface area (TPSA) is 44.3 Å². The average Bonchev–Trinajstić information content (AvgIpc) is 2.69. The highest BCUT2D eigenvalue weighted by molar-refractivity contribution is 5.61. The Morgan fingerprint density at radius 2 is 1.63 bits per heavy atom. The summed E-state index contributed by atoms with van der Waals surface area (Å²) in [7, 11) is 0. The first-order valence-electron chi connectivity index (χ1n) is 10.4. The second-order valence-corrected chi connectivity index (χ2v) is 7.40. The van der Waals surface area contributed by atoms with E-state index in [0.717, 1.165) is 49.1 Å². The van der Waals surface area contributed by atoms with Crippen LogP contribution in [0.2, 0.25) is 0 Å². The molecule has 5 heteroatoms. The summed E-state index contributed by atoms with van der Waals surface area (Å²) in [5.41, 5.74) is 3.37. The zero-order chi connectivity index (χ0) is 19.1. The molecule has 1 N–H and O–H groups in total. The van der Waals surface area contributed by atoms with E-state index in [2.05, 4.69) is 58.2 Å². The lowest BCUT2D eigenvalue weighted by molar-refractivity contribution is 0.578. The number of anilines is 4. The number of hydrogen-bond donors (Lipinski definition) is 1. The van der Waals surface area contributed by atoms with E-state index >= 15 is 0 Å². The maximum Gasteiger partial charge on any atom is 0.227 e. The number of hydrogen-bond acceptors (Lipinski definition) is 5. The van der Waals surface area contributed by atoms with E-state index in [1.54, 1.807) is 0 Å². The van der Waals surface area contributed by atoms with Gasteiger partial charge in [0.2, 0.25) is 5.95 Å². The zero-order valence-electron chi connectivity index (χ0n) is 17.0. The Morgan fingerprint density at radius 1 is 0.963 bits per heavy atom. The molecule has 0 saturated carbocycles. The van der Waals surface area contributed by atoms with Gasteiger partial charge in [0, 0.05) is 49.3 Å². The molecule has 1 fully saturated rings. The van der Waals surface area contributed by atoms with Gasteiger partial charge < -0.3 is 15.1 Å². The summed E-state index contributed by atoms with van der Waals surface area (Å²) < 4.78 is 0. The lowest BCUT2D eigenvalue weighted by atomic mass is 10.1. The molecule has 0 radical (unpaired) electrons. The lowest BCUT2D eigenvalue weighted by Gasteiger charge is -2.28. The Hall–Kier alpha value is -2.30. The first-order chi connectivity index (χ1) is 13.2. The molecule has 3 rings (SSSR count). The first kappa shape index (κ1) is 19.5. The summed E-state index contributed by atoms with van der Waals surface area (Å²) in [4.78, 5) is 14.2. The van der Waals surface area contributed by atoms with Crippen LogP contribution in [0.1, 0.15) is 51.6 Å². The monoisotopic (exact) mass is 367 g/mol. The van der Waals surface area contributed by atoms with Gasteiger partial charge in [0.05, 0.1) is 0 Å². The molecule has 27 heavy (non-hydrogen) atoms. The normalized spacial score (nSPS) is 14.3. The van der Waals surface area contributed by atoms with Crippen molar-refractivity contribution < 1.29 is 0 Å². The van der Waals surface area contributed by atoms with Crippen LogP contribution in [0.5, 0.6) is 0 Å². The van der Waals surface area contributed by atoms with E-state index in [-0.39, 0.29) is 0 Å². The number of aryl methyl sites for hydroxylation is 1. The largest absolute Gasteiger partial charge is 0.372 e. The van der Waals surface area contributed by atoms with Crippen LogP contribution < -0.4 is 15.1 Å². The van der Waals surface area contributed by atoms with Crippen molar-refractivity contribution >= 4 is 23.1 Å². The number of nitrogens with one attached hydrogen (secondary N) is 1. The average molecular weight is 368 g/mol. The maximum absolute atomic E-state index is 4.77. The van der Waals surface area contributed by atoms with Crippen LogP contribution in [0.15, 0.2) is 30.3 Å². The van der Waals surface area contributed by atoms with E-state index in [9.17, 15) is 0 Å². The van der Waals surface area contributed by atoms with E-state index in [0.29, 0.717) is 0 Å². The van der Waals surface area contributed by atoms with Gasteiger partial charge in [0.25, 0.3) is 0 Å². The number of piperidine rings is 1. The molecule has 1 aliphatic rings. The van der Waals surface area contributed by atoms with Crippen molar-refractivity contribution in [1.82, 2.24) is 9.97 Å². The summed E-state index contributed by atoms with van der Waals surface area (Å²) >= 11 is 0. The molecule has 1 saturated heterocycles. The number of rotatable bonds is 8. The van der Waals surface area contributed by atoms with Gasteiger partial charge in [-0.1, -0.05) is 13.8 Å². The second kappa shape index (κ2) is 9.58. The fourth-order valence-corrected chi connectivity index (χ4v) is 3.67. The first-order valence-corrected chi connectivity index (χ1v) is 10.4. The van der Waals surface area contributed by atoms with Crippen LogP contribution >= 0.6 is 0 Å². The highest BCUT2D eigenvalue weighted by Gasteiger charge is 2.12. The Morgan fingerprint density at radius 3 is 2.26 bits per heavy atom. The molecule has 0 amide bonds. The molecule has 2 aromatic rings. The molecule has 0 atom stereocenters. The molecule has 0 unspecified atom stereocenters. The predicted octanol–water partition coefficient (Wildman–Crippen LogP) is 5.15. The van der Waals surface area contributed by atoms with Gasteiger partial charge in [-0.3, -0.25) is 0 Å². The van der Waals surface area contributed by atoms with E-state index in [4.69, 9.17) is 4.98 Å². The molecule has 0 bridgehead atoms. The van der Waals surface area contributed by atoms with Gasteiger partial charge in [0.1, 0.15) is 5.82 Å². The van der Waals surface area contributed by atoms with Gasteiger partial charge in [-0.2, -0.15) is 4.98 Å². The smallest absolute Gasteiger partial charge is 0.227 e. The van der Waals surface area contributed by atoms with Crippen molar-refractivity contribution in [2.45, 2.75) is 52.9 Å².